The van der Waals surface area contributed by atoms with Crippen LogP contribution in [0.1, 0.15) is 0 Å². The molecule has 4 heterocycles. The summed E-state index contributed by atoms with van der Waals surface area (Å²) in [5.41, 5.74) is 8.95. The van der Waals surface area contributed by atoms with Crippen LogP contribution in [0.5, 0.6) is 11.5 Å². The van der Waals surface area contributed by atoms with E-state index in [1.54, 1.807) is 0 Å². The van der Waals surface area contributed by atoms with Gasteiger partial charge >= 0.3 is 0 Å². The van der Waals surface area contributed by atoms with Gasteiger partial charge in [0.1, 0.15) is 5.01 Å². The van der Waals surface area contributed by atoms with Crippen LogP contribution in [0, 0.1) is 0 Å². The van der Waals surface area contributed by atoms with Gasteiger partial charge in [0, 0.05) is 32.8 Å². The number of aromatic nitrogens is 5. The van der Waals surface area contributed by atoms with Crippen molar-refractivity contribution in [3.63, 3.8) is 0 Å². The van der Waals surface area contributed by atoms with E-state index in [0.717, 1.165) is 77.8 Å². The third-order valence-corrected chi connectivity index (χ3v) is 10.8. The Bertz CT molecular complexity index is 3040. The Morgan fingerprint density at radius 2 is 1.19 bits per heavy atom. The minimum atomic E-state index is 0.655. The second-order valence-corrected chi connectivity index (χ2v) is 14.0. The fourth-order valence-corrected chi connectivity index (χ4v) is 8.25. The summed E-state index contributed by atoms with van der Waals surface area (Å²) in [5, 5.41) is 5.50. The summed E-state index contributed by atoms with van der Waals surface area (Å²) in [5.74, 6) is 2.90. The standard InChI is InChI=1S/C46H28N6OS/c1-2-12-30(13-3-1)44-47-27-33(28-48-44)51-38-17-7-6-16-35(38)36-23-21-32(25-41(36)51)46-49-45(50-54-46)31-22-24-40-43(26-31)53-42-20-9-8-18-39(42)52(40)37-19-10-14-29-11-4-5-15-34(29)37/h1-28H. The normalized spacial score (nSPS) is 12.2. The first-order chi connectivity index (χ1) is 26.8. The van der Waals surface area contributed by atoms with E-state index in [0.29, 0.717) is 11.6 Å². The van der Waals surface area contributed by atoms with Gasteiger partial charge in [-0.25, -0.2) is 15.0 Å². The Balaban J connectivity index is 0.979. The predicted octanol–water partition coefficient (Wildman–Crippen LogP) is 12.2. The molecule has 7 nitrogen and oxygen atoms in total. The van der Waals surface area contributed by atoms with E-state index in [2.05, 4.69) is 119 Å². The molecule has 0 radical (unpaired) electrons. The zero-order valence-electron chi connectivity index (χ0n) is 28.7. The molecule has 254 valence electrons. The van der Waals surface area contributed by atoms with E-state index in [4.69, 9.17) is 24.1 Å². The van der Waals surface area contributed by atoms with Gasteiger partial charge in [0.2, 0.25) is 0 Å². The van der Waals surface area contributed by atoms with E-state index in [9.17, 15) is 0 Å². The lowest BCUT2D eigenvalue weighted by molar-refractivity contribution is 0.477. The number of para-hydroxylation sites is 3. The van der Waals surface area contributed by atoms with Crippen LogP contribution in [0.25, 0.3) is 71.6 Å². The lowest BCUT2D eigenvalue weighted by Gasteiger charge is -2.33. The van der Waals surface area contributed by atoms with E-state index < -0.39 is 0 Å². The highest BCUT2D eigenvalue weighted by Gasteiger charge is 2.27. The zero-order chi connectivity index (χ0) is 35.6. The third-order valence-electron chi connectivity index (χ3n) is 10.1. The lowest BCUT2D eigenvalue weighted by Crippen LogP contribution is -2.16. The van der Waals surface area contributed by atoms with Crippen molar-refractivity contribution in [1.82, 2.24) is 23.9 Å². The van der Waals surface area contributed by atoms with Gasteiger partial charge in [-0.1, -0.05) is 109 Å². The number of ether oxygens (including phenoxy) is 1. The molecule has 3 aromatic heterocycles. The zero-order valence-corrected chi connectivity index (χ0v) is 29.5. The molecular formula is C46H28N6OS. The Hall–Kier alpha value is -7.16. The van der Waals surface area contributed by atoms with Gasteiger partial charge in [-0.05, 0) is 65.4 Å². The largest absolute Gasteiger partial charge is 0.453 e. The Kier molecular flexibility index (Phi) is 6.90. The first kappa shape index (κ1) is 30.5. The van der Waals surface area contributed by atoms with Gasteiger partial charge in [0.25, 0.3) is 0 Å². The maximum atomic E-state index is 6.55. The molecule has 11 rings (SSSR count). The number of anilines is 3. The van der Waals surface area contributed by atoms with Crippen LogP contribution in [0.3, 0.4) is 0 Å². The maximum Gasteiger partial charge on any atom is 0.173 e. The fourth-order valence-electron chi connectivity index (χ4n) is 7.57. The number of rotatable bonds is 5. The second kappa shape index (κ2) is 12.2. The van der Waals surface area contributed by atoms with Crippen molar-refractivity contribution in [1.29, 1.82) is 0 Å². The van der Waals surface area contributed by atoms with Gasteiger partial charge in [0.05, 0.1) is 46.2 Å². The SMILES string of the molecule is c1ccc(-c2ncc(-n3c4ccccc4c4ccc(-c5nc(-c6ccc7c(c6)Oc6ccccc6N7c6cccc7ccccc67)ns5)cc43)cn2)cc1. The molecule has 0 fully saturated rings. The highest BCUT2D eigenvalue weighted by atomic mass is 32.1. The maximum absolute atomic E-state index is 6.55. The van der Waals surface area contributed by atoms with Crippen LogP contribution >= 0.6 is 11.5 Å². The molecule has 0 saturated heterocycles. The summed E-state index contributed by atoms with van der Waals surface area (Å²) < 4.78 is 13.6. The average molecular weight is 713 g/mol. The predicted molar refractivity (Wildman–Crippen MR) is 218 cm³/mol. The van der Waals surface area contributed by atoms with Crippen LogP contribution in [0.2, 0.25) is 0 Å². The summed E-state index contributed by atoms with van der Waals surface area (Å²) >= 11 is 1.39. The minimum Gasteiger partial charge on any atom is -0.453 e. The molecule has 0 bridgehead atoms. The van der Waals surface area contributed by atoms with Crippen molar-refractivity contribution >= 4 is 61.2 Å². The number of nitrogens with zero attached hydrogens (tertiary/aromatic N) is 6. The number of benzene rings is 7. The van der Waals surface area contributed by atoms with Crippen molar-refractivity contribution in [3.8, 4) is 50.5 Å². The summed E-state index contributed by atoms with van der Waals surface area (Å²) in [6.45, 7) is 0. The number of fused-ring (bicyclic) bond motifs is 6. The van der Waals surface area contributed by atoms with Crippen LogP contribution in [0.4, 0.5) is 17.1 Å². The molecule has 1 aliphatic rings. The molecule has 0 N–H and O–H groups in total. The van der Waals surface area contributed by atoms with Crippen LogP contribution < -0.4 is 9.64 Å². The van der Waals surface area contributed by atoms with Crippen molar-refractivity contribution in [2.45, 2.75) is 0 Å². The topological polar surface area (TPSA) is 69.0 Å². The summed E-state index contributed by atoms with van der Waals surface area (Å²) in [6.07, 6.45) is 3.80. The molecule has 54 heavy (non-hydrogen) atoms. The fraction of sp³-hybridized carbons (Fsp3) is 0. The molecule has 0 unspecified atom stereocenters. The van der Waals surface area contributed by atoms with E-state index in [1.807, 2.05) is 60.9 Å². The van der Waals surface area contributed by atoms with Crippen molar-refractivity contribution < 1.29 is 4.74 Å². The van der Waals surface area contributed by atoms with Gasteiger partial charge in [0.15, 0.2) is 23.1 Å². The second-order valence-electron chi connectivity index (χ2n) is 13.2. The molecule has 0 saturated carbocycles. The molecule has 8 heteroatoms. The van der Waals surface area contributed by atoms with E-state index in [1.165, 1.54) is 22.3 Å². The summed E-state index contributed by atoms with van der Waals surface area (Å²) in [7, 11) is 0. The molecule has 0 spiro atoms. The molecule has 0 amide bonds. The first-order valence-electron chi connectivity index (χ1n) is 17.7. The average Bonchev–Trinajstić information content (AvgIpc) is 3.86. The van der Waals surface area contributed by atoms with Crippen molar-refractivity contribution in [3.05, 3.63) is 170 Å². The summed E-state index contributed by atoms with van der Waals surface area (Å²) in [6, 6.07) is 54.3. The highest BCUT2D eigenvalue weighted by molar-refractivity contribution is 7.09. The highest BCUT2D eigenvalue weighted by Crippen LogP contribution is 2.52. The van der Waals surface area contributed by atoms with Crippen molar-refractivity contribution in [2.75, 3.05) is 4.90 Å². The Labute approximate surface area is 314 Å². The molecule has 1 aliphatic heterocycles. The Morgan fingerprint density at radius 3 is 2.09 bits per heavy atom. The minimum absolute atomic E-state index is 0.655. The molecule has 0 atom stereocenters. The Morgan fingerprint density at radius 1 is 0.481 bits per heavy atom. The van der Waals surface area contributed by atoms with Gasteiger partial charge in [-0.3, -0.25) is 0 Å². The van der Waals surface area contributed by atoms with Crippen LogP contribution in [-0.2, 0) is 0 Å². The first-order valence-corrected chi connectivity index (χ1v) is 18.5. The van der Waals surface area contributed by atoms with E-state index >= 15 is 0 Å². The van der Waals surface area contributed by atoms with Gasteiger partial charge < -0.3 is 14.2 Å². The van der Waals surface area contributed by atoms with Crippen LogP contribution in [-0.4, -0.2) is 23.9 Å². The quantitative estimate of drug-likeness (QED) is 0.177. The molecule has 0 aliphatic carbocycles. The smallest absolute Gasteiger partial charge is 0.173 e. The van der Waals surface area contributed by atoms with E-state index in [-0.39, 0.29) is 0 Å². The molecule has 10 aromatic rings. The monoisotopic (exact) mass is 712 g/mol. The van der Waals surface area contributed by atoms with Gasteiger partial charge in [-0.2, -0.15) is 4.37 Å². The van der Waals surface area contributed by atoms with Crippen molar-refractivity contribution in [2.24, 2.45) is 0 Å². The van der Waals surface area contributed by atoms with Crippen LogP contribution in [0.15, 0.2) is 170 Å². The molecule has 7 aromatic carbocycles. The summed E-state index contributed by atoms with van der Waals surface area (Å²) in [4.78, 5) is 16.9. The number of hydrogen-bond donors (Lipinski definition) is 0. The third kappa shape index (κ3) is 4.88. The molecular weight excluding hydrogens is 685 g/mol. The lowest BCUT2D eigenvalue weighted by atomic mass is 10.0. The van der Waals surface area contributed by atoms with Gasteiger partial charge in [-0.15, -0.1) is 0 Å². The number of hydrogen-bond acceptors (Lipinski definition) is 7.